The van der Waals surface area contributed by atoms with Gasteiger partial charge in [0.15, 0.2) is 5.78 Å². The Morgan fingerprint density at radius 2 is 2.12 bits per heavy atom. The maximum absolute atomic E-state index is 12.2. The van der Waals surface area contributed by atoms with Crippen LogP contribution < -0.4 is 5.32 Å². The van der Waals surface area contributed by atoms with E-state index in [4.69, 9.17) is 0 Å². The van der Waals surface area contributed by atoms with E-state index in [0.29, 0.717) is 17.9 Å². The van der Waals surface area contributed by atoms with Crippen LogP contribution in [0.25, 0.3) is 0 Å². The molecular weight excluding hydrogens is 212 g/mol. The number of carboxylic acids is 1. The summed E-state index contributed by atoms with van der Waals surface area (Å²) < 4.78 is 0. The van der Waals surface area contributed by atoms with E-state index >= 15 is 0 Å². The van der Waals surface area contributed by atoms with Crippen LogP contribution in [0.3, 0.4) is 0 Å². The highest BCUT2D eigenvalue weighted by Gasteiger charge is 2.55. The molecular formula is C10H16N2O4. The molecule has 2 unspecified atom stereocenters. The van der Waals surface area contributed by atoms with Crippen molar-refractivity contribution in [2.75, 3.05) is 13.1 Å². The van der Waals surface area contributed by atoms with Gasteiger partial charge in [-0.05, 0) is 32.2 Å². The predicted molar refractivity (Wildman–Crippen MR) is 54.1 cm³/mol. The molecule has 6 nitrogen and oxygen atoms in total. The van der Waals surface area contributed by atoms with Crippen molar-refractivity contribution in [3.05, 3.63) is 0 Å². The zero-order valence-electron chi connectivity index (χ0n) is 8.98. The van der Waals surface area contributed by atoms with Gasteiger partial charge in [-0.15, -0.1) is 0 Å². The fraction of sp³-hybridized carbons (Fsp3) is 0.800. The molecule has 2 aliphatic rings. The summed E-state index contributed by atoms with van der Waals surface area (Å²) in [5.41, 5.74) is -1.72. The number of rotatable bonds is 3. The molecule has 0 spiro atoms. The Balaban J connectivity index is 2.25. The number of hydrogen-bond acceptors (Lipinski definition) is 5. The van der Waals surface area contributed by atoms with Crippen molar-refractivity contribution in [1.29, 1.82) is 0 Å². The first-order valence-electron chi connectivity index (χ1n) is 5.56. The van der Waals surface area contributed by atoms with E-state index in [-0.39, 0.29) is 13.0 Å². The fourth-order valence-electron chi connectivity index (χ4n) is 2.57. The predicted octanol–water partition coefficient (Wildman–Crippen LogP) is -0.384. The van der Waals surface area contributed by atoms with Gasteiger partial charge in [-0.1, -0.05) is 0 Å². The number of ketones is 1. The molecule has 0 aromatic rings. The van der Waals surface area contributed by atoms with Crippen LogP contribution in [-0.2, 0) is 9.59 Å². The fourth-order valence-corrected chi connectivity index (χ4v) is 2.57. The highest BCUT2D eigenvalue weighted by molar-refractivity contribution is 6.10. The van der Waals surface area contributed by atoms with Crippen LogP contribution in [0.1, 0.15) is 25.7 Å². The first-order chi connectivity index (χ1) is 7.59. The van der Waals surface area contributed by atoms with Gasteiger partial charge in [0.2, 0.25) is 5.54 Å². The summed E-state index contributed by atoms with van der Waals surface area (Å²) >= 11 is 0. The Labute approximate surface area is 93.2 Å². The summed E-state index contributed by atoms with van der Waals surface area (Å²) in [4.78, 5) is 23.5. The summed E-state index contributed by atoms with van der Waals surface area (Å²) in [6.07, 6.45) is 2.25. The maximum atomic E-state index is 12.2. The monoisotopic (exact) mass is 228 g/mol. The second-order valence-corrected chi connectivity index (χ2v) is 4.41. The van der Waals surface area contributed by atoms with Gasteiger partial charge in [0, 0.05) is 6.54 Å². The molecule has 2 heterocycles. The number of nitrogens with one attached hydrogen (secondary N) is 1. The minimum atomic E-state index is -1.72. The number of Topliss-reactive ketones (excluding diaryl/α,β-unsaturated/α-hetero) is 1. The molecule has 0 radical (unpaired) electrons. The van der Waals surface area contributed by atoms with Gasteiger partial charge >= 0.3 is 5.97 Å². The molecule has 3 N–H and O–H groups in total. The average molecular weight is 228 g/mol. The normalized spacial score (nSPS) is 35.4. The summed E-state index contributed by atoms with van der Waals surface area (Å²) in [6, 6.07) is -0.427. The first kappa shape index (κ1) is 11.5. The number of hydroxylamine groups is 2. The smallest absolute Gasteiger partial charge is 0.334 e. The number of carboxylic acid groups (broad SMARTS) is 1. The molecule has 90 valence electrons. The molecule has 0 aliphatic carbocycles. The third-order valence-electron chi connectivity index (χ3n) is 3.49. The van der Waals surface area contributed by atoms with E-state index in [1.54, 1.807) is 0 Å². The quantitative estimate of drug-likeness (QED) is 0.570. The third-order valence-corrected chi connectivity index (χ3v) is 3.49. The highest BCUT2D eigenvalue weighted by atomic mass is 16.5. The van der Waals surface area contributed by atoms with E-state index in [1.165, 1.54) is 0 Å². The Kier molecular flexibility index (Phi) is 2.96. The van der Waals surface area contributed by atoms with Crippen molar-refractivity contribution >= 4 is 11.8 Å². The number of aliphatic carboxylic acids is 1. The topological polar surface area (TPSA) is 89.9 Å². The third kappa shape index (κ3) is 1.53. The molecule has 0 aromatic heterocycles. The number of hydrogen-bond donors (Lipinski definition) is 3. The number of carbonyl (C=O) groups excluding carboxylic acids is 1. The Morgan fingerprint density at radius 1 is 1.38 bits per heavy atom. The van der Waals surface area contributed by atoms with Gasteiger partial charge in [-0.3, -0.25) is 4.79 Å². The van der Waals surface area contributed by atoms with Gasteiger partial charge in [0.05, 0.1) is 6.04 Å². The number of carbonyl (C=O) groups is 2. The van der Waals surface area contributed by atoms with Crippen molar-refractivity contribution in [3.63, 3.8) is 0 Å². The summed E-state index contributed by atoms with van der Waals surface area (Å²) in [6.45, 7) is 0.974. The number of nitrogens with zero attached hydrogens (tertiary/aromatic N) is 1. The lowest BCUT2D eigenvalue weighted by Gasteiger charge is -2.30. The summed E-state index contributed by atoms with van der Waals surface area (Å²) in [5, 5.41) is 22.5. The minimum Gasteiger partial charge on any atom is -0.479 e. The molecule has 2 saturated heterocycles. The van der Waals surface area contributed by atoms with Crippen molar-refractivity contribution in [2.45, 2.75) is 37.3 Å². The van der Waals surface area contributed by atoms with Gasteiger partial charge in [0.1, 0.15) is 0 Å². The van der Waals surface area contributed by atoms with Crippen LogP contribution >= 0.6 is 0 Å². The van der Waals surface area contributed by atoms with Crippen LogP contribution in [0.5, 0.6) is 0 Å². The standard InChI is InChI=1S/C10H16N2O4/c13-8(7-3-1-5-11-7)10(9(14)15)4-2-6-12(10)16/h7,11,16H,1-6H2,(H,14,15). The molecule has 2 aliphatic heterocycles. The molecule has 16 heavy (non-hydrogen) atoms. The van der Waals surface area contributed by atoms with Gasteiger partial charge < -0.3 is 15.6 Å². The molecule has 0 aromatic carbocycles. The summed E-state index contributed by atoms with van der Waals surface area (Å²) in [5.74, 6) is -1.65. The van der Waals surface area contributed by atoms with Crippen LogP contribution in [0.2, 0.25) is 0 Å². The van der Waals surface area contributed by atoms with E-state index < -0.39 is 23.3 Å². The lowest BCUT2D eigenvalue weighted by molar-refractivity contribution is -0.188. The van der Waals surface area contributed by atoms with E-state index in [2.05, 4.69) is 5.32 Å². The molecule has 2 atom stereocenters. The zero-order valence-corrected chi connectivity index (χ0v) is 8.98. The van der Waals surface area contributed by atoms with Crippen molar-refractivity contribution in [2.24, 2.45) is 0 Å². The first-order valence-corrected chi connectivity index (χ1v) is 5.56. The lowest BCUT2D eigenvalue weighted by Crippen LogP contribution is -2.60. The van der Waals surface area contributed by atoms with Crippen LogP contribution in [0.4, 0.5) is 0 Å². The SMILES string of the molecule is O=C(O)C1(C(=O)C2CCCN2)CCCN1O. The second kappa shape index (κ2) is 4.12. The average Bonchev–Trinajstić information content (AvgIpc) is 2.85. The molecule has 0 saturated carbocycles. The van der Waals surface area contributed by atoms with Crippen LogP contribution in [-0.4, -0.2) is 51.8 Å². The minimum absolute atomic E-state index is 0.190. The molecule has 0 amide bonds. The zero-order chi connectivity index (χ0) is 11.8. The van der Waals surface area contributed by atoms with Crippen LogP contribution in [0, 0.1) is 0 Å². The summed E-state index contributed by atoms with van der Waals surface area (Å²) in [7, 11) is 0. The maximum Gasteiger partial charge on any atom is 0.334 e. The molecule has 6 heteroatoms. The largest absolute Gasteiger partial charge is 0.479 e. The van der Waals surface area contributed by atoms with Gasteiger partial charge in [-0.2, -0.15) is 5.06 Å². The Hall–Kier alpha value is -0.980. The highest BCUT2D eigenvalue weighted by Crippen LogP contribution is 2.31. The van der Waals surface area contributed by atoms with Crippen molar-refractivity contribution in [1.82, 2.24) is 10.4 Å². The van der Waals surface area contributed by atoms with E-state index in [0.717, 1.165) is 13.0 Å². The van der Waals surface area contributed by atoms with Crippen LogP contribution in [0.15, 0.2) is 0 Å². The van der Waals surface area contributed by atoms with E-state index in [1.807, 2.05) is 0 Å². The molecule has 0 bridgehead atoms. The lowest BCUT2D eigenvalue weighted by atomic mass is 9.87. The Morgan fingerprint density at radius 3 is 2.56 bits per heavy atom. The Bertz CT molecular complexity index is 314. The van der Waals surface area contributed by atoms with E-state index in [9.17, 15) is 19.9 Å². The molecule has 2 rings (SSSR count). The second-order valence-electron chi connectivity index (χ2n) is 4.41. The van der Waals surface area contributed by atoms with Gasteiger partial charge in [0.25, 0.3) is 0 Å². The van der Waals surface area contributed by atoms with Gasteiger partial charge in [-0.25, -0.2) is 4.79 Å². The van der Waals surface area contributed by atoms with Crippen molar-refractivity contribution < 1.29 is 19.9 Å². The molecule has 2 fully saturated rings. The van der Waals surface area contributed by atoms with Crippen molar-refractivity contribution in [3.8, 4) is 0 Å².